The van der Waals surface area contributed by atoms with Crippen LogP contribution < -0.4 is 10.6 Å². The van der Waals surface area contributed by atoms with Crippen LogP contribution in [0.1, 0.15) is 114 Å². The Morgan fingerprint density at radius 1 is 0.604 bits per heavy atom. The Balaban J connectivity index is 0.964. The van der Waals surface area contributed by atoms with Crippen molar-refractivity contribution in [2.24, 2.45) is 35.5 Å². The third-order valence-corrected chi connectivity index (χ3v) is 13.0. The van der Waals surface area contributed by atoms with Crippen molar-refractivity contribution < 1.29 is 37.6 Å². The molecule has 0 radical (unpaired) electrons. The molecule has 4 aliphatic carbocycles. The zero-order chi connectivity index (χ0) is 34.3. The highest BCUT2D eigenvalue weighted by molar-refractivity contribution is 7.52. The van der Waals surface area contributed by atoms with Crippen LogP contribution >= 0.6 is 15.2 Å². The zero-order valence-electron chi connectivity index (χ0n) is 28.9. The van der Waals surface area contributed by atoms with Gasteiger partial charge in [0.05, 0.1) is 12.2 Å². The van der Waals surface area contributed by atoms with Gasteiger partial charge in [-0.25, -0.2) is 0 Å². The van der Waals surface area contributed by atoms with E-state index in [1.807, 2.05) is 18.2 Å². The SMILES string of the molecule is CP(=O)(O)OC1CCC(C2CCC(C(=O)NCc3cccc(CNC(=O)C4CCC(C5CCC(OP(C)(=O)O)CC5)CC4)c3)CC2)CC1. The van der Waals surface area contributed by atoms with Gasteiger partial charge in [0.1, 0.15) is 0 Å². The number of carbonyl (C=O) groups is 2. The number of carbonyl (C=O) groups excluding carboxylic acids is 2. The van der Waals surface area contributed by atoms with Gasteiger partial charge in [0.15, 0.2) is 0 Å². The van der Waals surface area contributed by atoms with Crippen LogP contribution in [0.5, 0.6) is 0 Å². The number of nitrogens with one attached hydrogen (secondary N) is 2. The molecule has 5 rings (SSSR count). The minimum absolute atomic E-state index is 0.0468. The Labute approximate surface area is 287 Å². The van der Waals surface area contributed by atoms with Crippen molar-refractivity contribution >= 4 is 27.0 Å². The number of rotatable bonds is 12. The Morgan fingerprint density at radius 3 is 1.23 bits per heavy atom. The molecule has 4 aliphatic rings. The van der Waals surface area contributed by atoms with Crippen LogP contribution in [0.25, 0.3) is 0 Å². The molecule has 0 bridgehead atoms. The average Bonchev–Trinajstić information content (AvgIpc) is 3.06. The van der Waals surface area contributed by atoms with Crippen molar-refractivity contribution in [3.05, 3.63) is 35.4 Å². The van der Waals surface area contributed by atoms with E-state index in [1.54, 1.807) is 0 Å². The van der Waals surface area contributed by atoms with E-state index < -0.39 is 15.2 Å². The average molecular weight is 709 g/mol. The van der Waals surface area contributed by atoms with Crippen molar-refractivity contribution in [3.8, 4) is 0 Å². The molecule has 270 valence electrons. The standard InChI is InChI=1S/C36H58N2O8P2/c1-47(41,42)45-33-18-14-29(15-19-33)27-6-10-31(11-7-27)35(39)37-23-25-4-3-5-26(22-25)24-38-36(40)32-12-8-28(9-13-32)30-16-20-34(21-17-30)46-48(2,43)44/h3-5,22,27-34H,6-21,23-24H2,1-2H3,(H,37,39)(H,38,40)(H,41,42)(H,43,44). The predicted octanol–water partition coefficient (Wildman–Crippen LogP) is 7.31. The fourth-order valence-corrected chi connectivity index (χ4v) is 10.6. The van der Waals surface area contributed by atoms with Crippen molar-refractivity contribution in [2.45, 2.75) is 128 Å². The summed E-state index contributed by atoms with van der Waals surface area (Å²) in [7, 11) is -6.87. The first-order chi connectivity index (χ1) is 22.8. The van der Waals surface area contributed by atoms with Crippen molar-refractivity contribution in [2.75, 3.05) is 13.3 Å². The molecular formula is C36H58N2O8P2. The van der Waals surface area contributed by atoms with Gasteiger partial charge in [-0.1, -0.05) is 24.3 Å². The number of hydrogen-bond donors (Lipinski definition) is 4. The van der Waals surface area contributed by atoms with Gasteiger partial charge in [-0.3, -0.25) is 18.7 Å². The second-order valence-corrected chi connectivity index (χ2v) is 19.0. The molecule has 10 nitrogen and oxygen atoms in total. The van der Waals surface area contributed by atoms with Crippen molar-refractivity contribution in [1.82, 2.24) is 10.6 Å². The first kappa shape index (κ1) is 37.7. The topological polar surface area (TPSA) is 151 Å². The third-order valence-electron chi connectivity index (χ3n) is 11.7. The summed E-state index contributed by atoms with van der Waals surface area (Å²) in [6, 6.07) is 8.08. The lowest BCUT2D eigenvalue weighted by Crippen LogP contribution is -2.35. The molecule has 0 spiro atoms. The largest absolute Gasteiger partial charge is 0.352 e. The normalized spacial score (nSPS) is 33.9. The van der Waals surface area contributed by atoms with E-state index in [0.29, 0.717) is 36.8 Å². The lowest BCUT2D eigenvalue weighted by molar-refractivity contribution is -0.127. The highest BCUT2D eigenvalue weighted by atomic mass is 31.2. The maximum atomic E-state index is 13.0. The van der Waals surface area contributed by atoms with Crippen LogP contribution in [0.3, 0.4) is 0 Å². The smallest absolute Gasteiger partial charge is 0.325 e. The summed E-state index contributed by atoms with van der Waals surface area (Å²) in [4.78, 5) is 45.1. The van der Waals surface area contributed by atoms with Crippen LogP contribution in [0.2, 0.25) is 0 Å². The minimum Gasteiger partial charge on any atom is -0.352 e. The molecule has 48 heavy (non-hydrogen) atoms. The second kappa shape index (κ2) is 17.1. The summed E-state index contributed by atoms with van der Waals surface area (Å²) in [6.45, 7) is 3.48. The second-order valence-electron chi connectivity index (χ2n) is 15.4. The molecule has 0 aliphatic heterocycles. The van der Waals surface area contributed by atoms with Crippen molar-refractivity contribution in [1.29, 1.82) is 0 Å². The number of hydrogen-bond acceptors (Lipinski definition) is 6. The van der Waals surface area contributed by atoms with Gasteiger partial charge in [-0.15, -0.1) is 0 Å². The summed E-state index contributed by atoms with van der Waals surface area (Å²) >= 11 is 0. The molecule has 0 aromatic heterocycles. The fraction of sp³-hybridized carbons (Fsp3) is 0.778. The maximum absolute atomic E-state index is 13.0. The molecule has 0 heterocycles. The van der Waals surface area contributed by atoms with Crippen LogP contribution in [-0.4, -0.2) is 47.1 Å². The quantitative estimate of drug-likeness (QED) is 0.165. The molecule has 2 amide bonds. The summed E-state index contributed by atoms with van der Waals surface area (Å²) in [5.41, 5.74) is 2.06. The summed E-state index contributed by atoms with van der Waals surface area (Å²) in [5.74, 6) is 2.82. The predicted molar refractivity (Wildman–Crippen MR) is 186 cm³/mol. The lowest BCUT2D eigenvalue weighted by Gasteiger charge is -2.37. The van der Waals surface area contributed by atoms with E-state index in [-0.39, 0.29) is 35.9 Å². The van der Waals surface area contributed by atoms with Gasteiger partial charge in [0.2, 0.25) is 11.8 Å². The summed E-state index contributed by atoms with van der Waals surface area (Å²) in [5, 5.41) is 6.31. The van der Waals surface area contributed by atoms with Crippen molar-refractivity contribution in [3.63, 3.8) is 0 Å². The van der Waals surface area contributed by atoms with E-state index in [0.717, 1.165) is 114 Å². The molecule has 1 aromatic rings. The van der Waals surface area contributed by atoms with E-state index in [1.165, 1.54) is 13.3 Å². The van der Waals surface area contributed by atoms with Gasteiger partial charge >= 0.3 is 15.2 Å². The molecule has 12 heteroatoms. The zero-order valence-corrected chi connectivity index (χ0v) is 30.7. The van der Waals surface area contributed by atoms with E-state index in [2.05, 4.69) is 16.7 Å². The van der Waals surface area contributed by atoms with Crippen LogP contribution in [0.4, 0.5) is 0 Å². The van der Waals surface area contributed by atoms with E-state index in [4.69, 9.17) is 9.05 Å². The van der Waals surface area contributed by atoms with Gasteiger partial charge < -0.3 is 29.5 Å². The van der Waals surface area contributed by atoms with E-state index >= 15 is 0 Å². The summed E-state index contributed by atoms with van der Waals surface area (Å²) < 4.78 is 33.8. The third kappa shape index (κ3) is 11.8. The lowest BCUT2D eigenvalue weighted by atomic mass is 9.70. The Kier molecular flexibility index (Phi) is 13.4. The highest BCUT2D eigenvalue weighted by Gasteiger charge is 2.35. The molecule has 4 fully saturated rings. The molecule has 2 atom stereocenters. The molecular weight excluding hydrogens is 650 g/mol. The molecule has 0 saturated heterocycles. The fourth-order valence-electron chi connectivity index (χ4n) is 9.11. The van der Waals surface area contributed by atoms with Gasteiger partial charge in [-0.2, -0.15) is 0 Å². The van der Waals surface area contributed by atoms with Crippen LogP contribution in [-0.2, 0) is 40.9 Å². The monoisotopic (exact) mass is 708 g/mol. The van der Waals surface area contributed by atoms with Crippen LogP contribution in [0, 0.1) is 35.5 Å². The summed E-state index contributed by atoms with van der Waals surface area (Å²) in [6.07, 6.45) is 15.1. The Bertz CT molecular complexity index is 1200. The first-order valence-corrected chi connectivity index (χ1v) is 22.5. The number of benzene rings is 1. The Morgan fingerprint density at radius 2 is 0.917 bits per heavy atom. The molecule has 4 saturated carbocycles. The van der Waals surface area contributed by atoms with E-state index in [9.17, 15) is 28.5 Å². The van der Waals surface area contributed by atoms with Gasteiger partial charge in [0.25, 0.3) is 0 Å². The van der Waals surface area contributed by atoms with Gasteiger partial charge in [0, 0.05) is 38.3 Å². The minimum atomic E-state index is -3.43. The van der Waals surface area contributed by atoms with Crippen LogP contribution in [0.15, 0.2) is 24.3 Å². The molecule has 2 unspecified atom stereocenters. The van der Waals surface area contributed by atoms with Gasteiger partial charge in [-0.05, 0) is 138 Å². The molecule has 1 aromatic carbocycles. The first-order valence-electron chi connectivity index (χ1n) is 18.4. The number of amides is 2. The molecule has 4 N–H and O–H groups in total. The Hall–Kier alpha value is -1.54. The highest BCUT2D eigenvalue weighted by Crippen LogP contribution is 2.47. The maximum Gasteiger partial charge on any atom is 0.325 e.